The first-order chi connectivity index (χ1) is 14.0. The highest BCUT2D eigenvalue weighted by atomic mass is 32.2. The molecular formula is C22H19NO5S. The quantitative estimate of drug-likeness (QED) is 0.470. The largest absolute Gasteiger partial charge is 0.493 e. The van der Waals surface area contributed by atoms with Gasteiger partial charge in [-0.05, 0) is 36.4 Å². The Kier molecular flexibility index (Phi) is 4.90. The van der Waals surface area contributed by atoms with Crippen molar-refractivity contribution in [2.45, 2.75) is 4.90 Å². The number of benzene rings is 3. The standard InChI is InChI=1S/C22H19NO5S/c1-26-20-13-16(19-12-15-8-6-7-11-18(15)23-19)14-21(27-2)22(20)28-29(24,25)17-9-4-3-5-10-17/h3-14,23H,1-2H3. The van der Waals surface area contributed by atoms with Crippen LogP contribution in [0.2, 0.25) is 0 Å². The first kappa shape index (κ1) is 18.9. The van der Waals surface area contributed by atoms with Gasteiger partial charge >= 0.3 is 10.1 Å². The minimum atomic E-state index is -4.04. The highest BCUT2D eigenvalue weighted by Crippen LogP contribution is 2.43. The molecule has 4 aromatic rings. The fraction of sp³-hybridized carbons (Fsp3) is 0.0909. The van der Waals surface area contributed by atoms with Gasteiger partial charge in [-0.25, -0.2) is 0 Å². The van der Waals surface area contributed by atoms with Crippen LogP contribution in [0.15, 0.2) is 77.7 Å². The Balaban J connectivity index is 1.79. The summed E-state index contributed by atoms with van der Waals surface area (Å²) >= 11 is 0. The molecule has 3 aromatic carbocycles. The topological polar surface area (TPSA) is 77.6 Å². The van der Waals surface area contributed by atoms with Crippen molar-refractivity contribution in [3.05, 3.63) is 72.8 Å². The SMILES string of the molecule is COc1cc(-c2cc3ccccc3[nH]2)cc(OC)c1OS(=O)(=O)c1ccccc1. The highest BCUT2D eigenvalue weighted by Gasteiger charge is 2.23. The van der Waals surface area contributed by atoms with Gasteiger partial charge in [-0.2, -0.15) is 8.42 Å². The van der Waals surface area contributed by atoms with Crippen molar-refractivity contribution in [2.75, 3.05) is 14.2 Å². The van der Waals surface area contributed by atoms with Crippen LogP contribution in [0.25, 0.3) is 22.2 Å². The molecule has 6 nitrogen and oxygen atoms in total. The lowest BCUT2D eigenvalue weighted by Gasteiger charge is -2.15. The summed E-state index contributed by atoms with van der Waals surface area (Å²) in [4.78, 5) is 3.38. The van der Waals surface area contributed by atoms with Crippen molar-refractivity contribution in [3.8, 4) is 28.5 Å². The molecule has 0 saturated heterocycles. The number of aromatic amines is 1. The molecule has 0 amide bonds. The van der Waals surface area contributed by atoms with E-state index in [1.165, 1.54) is 26.4 Å². The summed E-state index contributed by atoms with van der Waals surface area (Å²) in [6.07, 6.45) is 0. The van der Waals surface area contributed by atoms with Gasteiger partial charge in [0.25, 0.3) is 0 Å². The molecule has 0 fully saturated rings. The Morgan fingerprint density at radius 1 is 0.793 bits per heavy atom. The number of fused-ring (bicyclic) bond motifs is 1. The molecule has 0 bridgehead atoms. The van der Waals surface area contributed by atoms with E-state index in [-0.39, 0.29) is 22.1 Å². The number of H-pyrrole nitrogens is 1. The number of rotatable bonds is 6. The molecule has 0 aliphatic rings. The molecule has 0 radical (unpaired) electrons. The third-order valence-electron chi connectivity index (χ3n) is 4.53. The number of para-hydroxylation sites is 1. The number of hydrogen-bond donors (Lipinski definition) is 1. The summed E-state index contributed by atoms with van der Waals surface area (Å²) in [5.41, 5.74) is 2.62. The van der Waals surface area contributed by atoms with Gasteiger partial charge in [-0.15, -0.1) is 0 Å². The average molecular weight is 409 g/mol. The van der Waals surface area contributed by atoms with Gasteiger partial charge in [0.1, 0.15) is 4.90 Å². The van der Waals surface area contributed by atoms with E-state index in [2.05, 4.69) is 4.98 Å². The van der Waals surface area contributed by atoms with Crippen LogP contribution in [0, 0.1) is 0 Å². The molecule has 0 unspecified atom stereocenters. The maximum Gasteiger partial charge on any atom is 0.339 e. The minimum Gasteiger partial charge on any atom is -0.493 e. The third-order valence-corrected chi connectivity index (χ3v) is 5.76. The molecule has 0 saturated carbocycles. The lowest BCUT2D eigenvalue weighted by Crippen LogP contribution is -2.11. The maximum absolute atomic E-state index is 12.7. The van der Waals surface area contributed by atoms with Gasteiger partial charge < -0.3 is 18.6 Å². The summed E-state index contributed by atoms with van der Waals surface area (Å²) in [6, 6.07) is 21.3. The number of methoxy groups -OCH3 is 2. The molecule has 29 heavy (non-hydrogen) atoms. The lowest BCUT2D eigenvalue weighted by atomic mass is 10.1. The van der Waals surface area contributed by atoms with Crippen molar-refractivity contribution in [2.24, 2.45) is 0 Å². The first-order valence-corrected chi connectivity index (χ1v) is 10.3. The van der Waals surface area contributed by atoms with Gasteiger partial charge in [0.2, 0.25) is 5.75 Å². The smallest absolute Gasteiger partial charge is 0.339 e. The average Bonchev–Trinajstić information content (AvgIpc) is 3.18. The molecule has 4 rings (SSSR count). The van der Waals surface area contributed by atoms with Crippen molar-refractivity contribution >= 4 is 21.0 Å². The molecule has 0 aliphatic carbocycles. The lowest BCUT2D eigenvalue weighted by molar-refractivity contribution is 0.360. The zero-order chi connectivity index (χ0) is 20.4. The van der Waals surface area contributed by atoms with E-state index < -0.39 is 10.1 Å². The van der Waals surface area contributed by atoms with E-state index in [4.69, 9.17) is 13.7 Å². The summed E-state index contributed by atoms with van der Waals surface area (Å²) in [6.45, 7) is 0. The van der Waals surface area contributed by atoms with Crippen molar-refractivity contribution in [3.63, 3.8) is 0 Å². The molecule has 1 N–H and O–H groups in total. The summed E-state index contributed by atoms with van der Waals surface area (Å²) in [7, 11) is -1.14. The Bertz CT molecular complexity index is 1200. The Labute approximate surface area is 168 Å². The van der Waals surface area contributed by atoms with Crippen LogP contribution >= 0.6 is 0 Å². The summed E-state index contributed by atoms with van der Waals surface area (Å²) in [5, 5.41) is 1.06. The molecule has 0 aliphatic heterocycles. The molecule has 0 atom stereocenters. The zero-order valence-electron chi connectivity index (χ0n) is 15.9. The number of aromatic nitrogens is 1. The molecule has 1 aromatic heterocycles. The Morgan fingerprint density at radius 3 is 2.03 bits per heavy atom. The third kappa shape index (κ3) is 3.64. The van der Waals surface area contributed by atoms with E-state index >= 15 is 0 Å². The van der Waals surface area contributed by atoms with E-state index in [1.807, 2.05) is 30.3 Å². The van der Waals surface area contributed by atoms with Crippen molar-refractivity contribution in [1.82, 2.24) is 4.98 Å². The maximum atomic E-state index is 12.7. The molecule has 7 heteroatoms. The van der Waals surface area contributed by atoms with Crippen LogP contribution in [-0.2, 0) is 10.1 Å². The summed E-state index contributed by atoms with van der Waals surface area (Å²) < 4.78 is 41.6. The fourth-order valence-corrected chi connectivity index (χ4v) is 4.06. The minimum absolute atomic E-state index is 0.00119. The Morgan fingerprint density at radius 2 is 1.41 bits per heavy atom. The normalized spacial score (nSPS) is 11.4. The van der Waals surface area contributed by atoms with Crippen molar-refractivity contribution in [1.29, 1.82) is 0 Å². The van der Waals surface area contributed by atoms with Gasteiger partial charge in [-0.3, -0.25) is 0 Å². The number of nitrogens with one attached hydrogen (secondary N) is 1. The van der Waals surface area contributed by atoms with Gasteiger partial charge in [0.15, 0.2) is 11.5 Å². The van der Waals surface area contributed by atoms with Crippen LogP contribution < -0.4 is 13.7 Å². The molecular weight excluding hydrogens is 390 g/mol. The van der Waals surface area contributed by atoms with Crippen LogP contribution in [-0.4, -0.2) is 27.6 Å². The van der Waals surface area contributed by atoms with Gasteiger partial charge in [-0.1, -0.05) is 36.4 Å². The van der Waals surface area contributed by atoms with Crippen LogP contribution in [0.4, 0.5) is 0 Å². The second-order valence-electron chi connectivity index (χ2n) is 6.33. The molecule has 148 valence electrons. The van der Waals surface area contributed by atoms with Gasteiger partial charge in [0.05, 0.1) is 14.2 Å². The second-order valence-corrected chi connectivity index (χ2v) is 7.88. The fourth-order valence-electron chi connectivity index (χ4n) is 3.09. The zero-order valence-corrected chi connectivity index (χ0v) is 16.7. The number of ether oxygens (including phenoxy) is 2. The monoisotopic (exact) mass is 409 g/mol. The first-order valence-electron chi connectivity index (χ1n) is 8.85. The van der Waals surface area contributed by atoms with Crippen LogP contribution in [0.3, 0.4) is 0 Å². The van der Waals surface area contributed by atoms with Crippen LogP contribution in [0.1, 0.15) is 0 Å². The second kappa shape index (κ2) is 7.52. The predicted molar refractivity (Wildman–Crippen MR) is 111 cm³/mol. The Hall–Kier alpha value is -3.45. The van der Waals surface area contributed by atoms with Crippen molar-refractivity contribution < 1.29 is 22.1 Å². The molecule has 0 spiro atoms. The highest BCUT2D eigenvalue weighted by molar-refractivity contribution is 7.87. The van der Waals surface area contributed by atoms with Gasteiger partial charge in [0, 0.05) is 22.2 Å². The van der Waals surface area contributed by atoms with Crippen LogP contribution in [0.5, 0.6) is 17.2 Å². The van der Waals surface area contributed by atoms with E-state index in [0.717, 1.165) is 22.2 Å². The van der Waals surface area contributed by atoms with E-state index in [9.17, 15) is 8.42 Å². The molecule has 1 heterocycles. The van der Waals surface area contributed by atoms with E-state index in [1.54, 1.807) is 30.3 Å². The predicted octanol–water partition coefficient (Wildman–Crippen LogP) is 4.62. The summed E-state index contributed by atoms with van der Waals surface area (Å²) in [5.74, 6) is 0.494. The van der Waals surface area contributed by atoms with E-state index in [0.29, 0.717) is 0 Å². The number of hydrogen-bond acceptors (Lipinski definition) is 5.